The maximum Gasteiger partial charge on any atom is 0.312 e. The van der Waals surface area contributed by atoms with Crippen molar-refractivity contribution >= 4 is 11.8 Å². The molecule has 0 radical (unpaired) electrons. The first-order valence-electron chi connectivity index (χ1n) is 6.27. The Morgan fingerprint density at radius 3 is 2.62 bits per heavy atom. The van der Waals surface area contributed by atoms with Gasteiger partial charge in [0, 0.05) is 19.1 Å². The Morgan fingerprint density at radius 1 is 1.25 bits per heavy atom. The van der Waals surface area contributed by atoms with Crippen LogP contribution >= 0.6 is 0 Å². The molecule has 4 heteroatoms. The molecule has 2 fully saturated rings. The van der Waals surface area contributed by atoms with Crippen LogP contribution in [0.2, 0.25) is 0 Å². The molecule has 0 aromatic rings. The van der Waals surface area contributed by atoms with Crippen molar-refractivity contribution in [1.82, 2.24) is 10.2 Å². The summed E-state index contributed by atoms with van der Waals surface area (Å²) >= 11 is 0. The first-order chi connectivity index (χ1) is 7.68. The summed E-state index contributed by atoms with van der Waals surface area (Å²) in [6.45, 7) is 3.37. The summed E-state index contributed by atoms with van der Waals surface area (Å²) in [4.78, 5) is 24.8. The fraction of sp³-hybridized carbons (Fsp3) is 0.833. The maximum atomic E-state index is 11.7. The Hall–Kier alpha value is -1.06. The average Bonchev–Trinajstić information content (AvgIpc) is 2.31. The molecular formula is C12H20N2O2. The summed E-state index contributed by atoms with van der Waals surface area (Å²) < 4.78 is 0. The van der Waals surface area contributed by atoms with Gasteiger partial charge in [-0.25, -0.2) is 0 Å². The van der Waals surface area contributed by atoms with Gasteiger partial charge in [-0.05, 0) is 25.7 Å². The predicted octanol–water partition coefficient (Wildman–Crippen LogP) is 0.914. The summed E-state index contributed by atoms with van der Waals surface area (Å²) in [5.41, 5.74) is 0. The van der Waals surface area contributed by atoms with E-state index in [9.17, 15) is 9.59 Å². The second-order valence-corrected chi connectivity index (χ2v) is 5.02. The van der Waals surface area contributed by atoms with Gasteiger partial charge >= 0.3 is 11.8 Å². The smallest absolute Gasteiger partial charge is 0.312 e. The summed E-state index contributed by atoms with van der Waals surface area (Å²) in [5, 5.41) is 2.62. The number of hydrogen-bond acceptors (Lipinski definition) is 2. The van der Waals surface area contributed by atoms with Crippen LogP contribution < -0.4 is 5.32 Å². The zero-order valence-electron chi connectivity index (χ0n) is 9.87. The highest BCUT2D eigenvalue weighted by Crippen LogP contribution is 2.25. The van der Waals surface area contributed by atoms with Gasteiger partial charge in [0.25, 0.3) is 0 Å². The van der Waals surface area contributed by atoms with Gasteiger partial charge in [-0.2, -0.15) is 0 Å². The zero-order chi connectivity index (χ0) is 11.5. The largest absolute Gasteiger partial charge is 0.346 e. The van der Waals surface area contributed by atoms with Crippen LogP contribution in [-0.4, -0.2) is 35.8 Å². The molecular weight excluding hydrogens is 204 g/mol. The van der Waals surface area contributed by atoms with Crippen LogP contribution in [0.4, 0.5) is 0 Å². The molecule has 0 spiro atoms. The quantitative estimate of drug-likeness (QED) is 0.709. The molecule has 2 aliphatic rings. The Kier molecular flexibility index (Phi) is 3.46. The third-order valence-electron chi connectivity index (χ3n) is 3.72. The highest BCUT2D eigenvalue weighted by Gasteiger charge is 2.32. The highest BCUT2D eigenvalue weighted by molar-refractivity contribution is 6.35. The second kappa shape index (κ2) is 4.85. The third kappa shape index (κ3) is 2.36. The van der Waals surface area contributed by atoms with E-state index in [4.69, 9.17) is 0 Å². The third-order valence-corrected chi connectivity index (χ3v) is 3.72. The van der Waals surface area contributed by atoms with Crippen LogP contribution in [0.25, 0.3) is 0 Å². The second-order valence-electron chi connectivity index (χ2n) is 5.02. The molecule has 4 nitrogen and oxygen atoms in total. The number of nitrogens with zero attached hydrogens (tertiary/aromatic N) is 1. The molecule has 2 amide bonds. The number of rotatable bonds is 2. The zero-order valence-corrected chi connectivity index (χ0v) is 9.87. The van der Waals surface area contributed by atoms with Gasteiger partial charge in [0.15, 0.2) is 0 Å². The van der Waals surface area contributed by atoms with Gasteiger partial charge in [-0.15, -0.1) is 0 Å². The van der Waals surface area contributed by atoms with E-state index in [0.29, 0.717) is 12.5 Å². The molecule has 1 atom stereocenters. The lowest BCUT2D eigenvalue weighted by Gasteiger charge is -2.36. The molecule has 90 valence electrons. The van der Waals surface area contributed by atoms with Gasteiger partial charge in [0.1, 0.15) is 0 Å². The van der Waals surface area contributed by atoms with Crippen LogP contribution in [0.3, 0.4) is 0 Å². The SMILES string of the molecule is C[C@H]1CNC(=O)C(=O)N1CC1CCCCC1. The van der Waals surface area contributed by atoms with E-state index in [0.717, 1.165) is 6.54 Å². The molecule has 0 bridgehead atoms. The van der Waals surface area contributed by atoms with Crippen molar-refractivity contribution in [2.24, 2.45) is 5.92 Å². The molecule has 16 heavy (non-hydrogen) atoms. The topological polar surface area (TPSA) is 49.4 Å². The molecule has 1 heterocycles. The van der Waals surface area contributed by atoms with Crippen molar-refractivity contribution in [3.05, 3.63) is 0 Å². The minimum absolute atomic E-state index is 0.145. The van der Waals surface area contributed by atoms with Crippen LogP contribution in [-0.2, 0) is 9.59 Å². The monoisotopic (exact) mass is 224 g/mol. The minimum atomic E-state index is -0.436. The van der Waals surface area contributed by atoms with Gasteiger partial charge in [-0.1, -0.05) is 19.3 Å². The number of hydrogen-bond donors (Lipinski definition) is 1. The first kappa shape index (κ1) is 11.4. The number of piperazine rings is 1. The molecule has 0 aromatic carbocycles. The normalized spacial score (nSPS) is 28.1. The van der Waals surface area contributed by atoms with E-state index in [1.165, 1.54) is 32.1 Å². The summed E-state index contributed by atoms with van der Waals surface area (Å²) in [7, 11) is 0. The summed E-state index contributed by atoms with van der Waals surface area (Å²) in [6, 6.07) is 0.145. The molecule has 1 N–H and O–H groups in total. The molecule has 2 rings (SSSR count). The molecule has 1 saturated carbocycles. The van der Waals surface area contributed by atoms with Crippen molar-refractivity contribution in [3.8, 4) is 0 Å². The highest BCUT2D eigenvalue weighted by atomic mass is 16.2. The van der Waals surface area contributed by atoms with Crippen molar-refractivity contribution in [2.75, 3.05) is 13.1 Å². The predicted molar refractivity (Wildman–Crippen MR) is 60.8 cm³/mol. The van der Waals surface area contributed by atoms with Crippen molar-refractivity contribution in [2.45, 2.75) is 45.1 Å². The standard InChI is InChI=1S/C12H20N2O2/c1-9-7-13-11(15)12(16)14(9)8-10-5-3-2-4-6-10/h9-10H,2-8H2,1H3,(H,13,15)/t9-/m0/s1. The maximum absolute atomic E-state index is 11.7. The lowest BCUT2D eigenvalue weighted by molar-refractivity contribution is -0.150. The lowest BCUT2D eigenvalue weighted by Crippen LogP contribution is -2.58. The van der Waals surface area contributed by atoms with E-state index < -0.39 is 5.91 Å². The van der Waals surface area contributed by atoms with E-state index in [1.54, 1.807) is 4.90 Å². The molecule has 1 aliphatic carbocycles. The van der Waals surface area contributed by atoms with Gasteiger partial charge in [-0.3, -0.25) is 9.59 Å². The van der Waals surface area contributed by atoms with Gasteiger partial charge in [0.2, 0.25) is 0 Å². The number of carbonyl (C=O) groups excluding carboxylic acids is 2. The summed E-state index contributed by atoms with van der Waals surface area (Å²) in [5.74, 6) is -0.177. The molecule has 0 aromatic heterocycles. The fourth-order valence-electron chi connectivity index (χ4n) is 2.67. The van der Waals surface area contributed by atoms with E-state index >= 15 is 0 Å². The molecule has 0 unspecified atom stereocenters. The van der Waals surface area contributed by atoms with Crippen molar-refractivity contribution in [3.63, 3.8) is 0 Å². The fourth-order valence-corrected chi connectivity index (χ4v) is 2.67. The Balaban J connectivity index is 1.95. The first-order valence-corrected chi connectivity index (χ1v) is 6.27. The van der Waals surface area contributed by atoms with Crippen LogP contribution in [0.15, 0.2) is 0 Å². The van der Waals surface area contributed by atoms with Crippen LogP contribution in [0.1, 0.15) is 39.0 Å². The van der Waals surface area contributed by atoms with Crippen LogP contribution in [0, 0.1) is 5.92 Å². The van der Waals surface area contributed by atoms with Crippen molar-refractivity contribution < 1.29 is 9.59 Å². The number of nitrogens with one attached hydrogen (secondary N) is 1. The lowest BCUT2D eigenvalue weighted by atomic mass is 9.88. The van der Waals surface area contributed by atoms with E-state index in [1.807, 2.05) is 6.92 Å². The number of amides is 2. The average molecular weight is 224 g/mol. The van der Waals surface area contributed by atoms with Crippen LogP contribution in [0.5, 0.6) is 0 Å². The summed E-state index contributed by atoms with van der Waals surface area (Å²) in [6.07, 6.45) is 6.28. The van der Waals surface area contributed by atoms with E-state index in [-0.39, 0.29) is 11.9 Å². The number of carbonyl (C=O) groups is 2. The molecule has 1 saturated heterocycles. The minimum Gasteiger partial charge on any atom is -0.346 e. The van der Waals surface area contributed by atoms with Gasteiger partial charge in [0.05, 0.1) is 0 Å². The Bertz CT molecular complexity index is 285. The Morgan fingerprint density at radius 2 is 1.94 bits per heavy atom. The van der Waals surface area contributed by atoms with Gasteiger partial charge < -0.3 is 10.2 Å². The molecule has 1 aliphatic heterocycles. The Labute approximate surface area is 96.4 Å². The van der Waals surface area contributed by atoms with E-state index in [2.05, 4.69) is 5.32 Å². The van der Waals surface area contributed by atoms with Crippen molar-refractivity contribution in [1.29, 1.82) is 0 Å².